The third kappa shape index (κ3) is 44.3. The zero-order chi connectivity index (χ0) is 33.5. The number of allylic oxidation sites excluding steroid dienone is 6. The third-order valence-electron chi connectivity index (χ3n) is 7.63. The minimum atomic E-state index is -0.964. The van der Waals surface area contributed by atoms with Gasteiger partial charge in [-0.15, -0.1) is 0 Å². The van der Waals surface area contributed by atoms with Crippen LogP contribution in [0.3, 0.4) is 0 Å². The fourth-order valence-corrected chi connectivity index (χ4v) is 4.74. The first kappa shape index (κ1) is 45.2. The number of hydrogen-bond donors (Lipinski definition) is 3. The fourth-order valence-electron chi connectivity index (χ4n) is 4.74. The lowest BCUT2D eigenvalue weighted by molar-refractivity contribution is -0.147. The first-order valence-corrected chi connectivity index (χ1v) is 18.6. The van der Waals surface area contributed by atoms with Gasteiger partial charge in [0.2, 0.25) is 0 Å². The smallest absolute Gasteiger partial charge is 0.305 e. The van der Waals surface area contributed by atoms with Crippen molar-refractivity contribution in [2.24, 2.45) is 0 Å². The molecule has 0 aromatic carbocycles. The number of ether oxygens (including phenoxy) is 1. The molecule has 6 nitrogen and oxygen atoms in total. The summed E-state index contributed by atoms with van der Waals surface area (Å²) in [6.45, 7) is 3.99. The van der Waals surface area contributed by atoms with Gasteiger partial charge < -0.3 is 20.1 Å². The Morgan fingerprint density at radius 3 is 1.40 bits per heavy atom. The lowest BCUT2D eigenvalue weighted by Gasteiger charge is -2.08. The molecule has 0 saturated heterocycles. The van der Waals surface area contributed by atoms with Crippen LogP contribution in [0, 0.1) is 0 Å². The molecule has 0 aromatic heterocycles. The maximum atomic E-state index is 11.4. The van der Waals surface area contributed by atoms with Crippen molar-refractivity contribution in [1.29, 1.82) is 0 Å². The highest BCUT2D eigenvalue weighted by molar-refractivity contribution is 5.69. The van der Waals surface area contributed by atoms with Crippen LogP contribution in [-0.2, 0) is 14.3 Å². The van der Waals surface area contributed by atoms with Crippen LogP contribution < -0.4 is 0 Å². The maximum absolute atomic E-state index is 11.4. The summed E-state index contributed by atoms with van der Waals surface area (Å²) in [6, 6.07) is 0. The van der Waals surface area contributed by atoms with Crippen molar-refractivity contribution in [3.63, 3.8) is 0 Å². The van der Waals surface area contributed by atoms with Gasteiger partial charge in [-0.05, 0) is 70.6 Å². The highest BCUT2D eigenvalue weighted by Crippen LogP contribution is 2.11. The number of carbonyl (C=O) groups is 2. The van der Waals surface area contributed by atoms with E-state index in [9.17, 15) is 9.59 Å². The molecule has 0 fully saturated rings. The minimum Gasteiger partial charge on any atom is -0.481 e. The summed E-state index contributed by atoms with van der Waals surface area (Å²) < 4.78 is 4.85. The lowest BCUT2D eigenvalue weighted by Crippen LogP contribution is -2.21. The van der Waals surface area contributed by atoms with Gasteiger partial charge in [0.15, 0.2) is 0 Å². The van der Waals surface area contributed by atoms with Gasteiger partial charge in [0, 0.05) is 12.8 Å². The molecule has 0 heterocycles. The molecule has 1 unspecified atom stereocenters. The molecule has 0 radical (unpaired) electrons. The van der Waals surface area contributed by atoms with Crippen molar-refractivity contribution < 1.29 is 29.6 Å². The van der Waals surface area contributed by atoms with E-state index in [4.69, 9.17) is 20.1 Å². The summed E-state index contributed by atoms with van der Waals surface area (Å²) >= 11 is 0. The van der Waals surface area contributed by atoms with Gasteiger partial charge in [0.05, 0.1) is 6.61 Å². The second-order valence-corrected chi connectivity index (χ2v) is 12.2. The van der Waals surface area contributed by atoms with Crippen molar-refractivity contribution in [3.8, 4) is 0 Å². The van der Waals surface area contributed by atoms with Crippen LogP contribution in [0.25, 0.3) is 0 Å². The number of esters is 1. The number of hydrogen-bond acceptors (Lipinski definition) is 5. The van der Waals surface area contributed by atoms with Crippen molar-refractivity contribution in [2.75, 3.05) is 13.2 Å². The molecule has 3 N–H and O–H groups in total. The predicted molar refractivity (Wildman–Crippen MR) is 190 cm³/mol. The Balaban J connectivity index is 0. The van der Waals surface area contributed by atoms with Crippen molar-refractivity contribution in [2.45, 2.75) is 187 Å². The van der Waals surface area contributed by atoms with Gasteiger partial charge in [0.25, 0.3) is 0 Å². The Morgan fingerprint density at radius 2 is 0.933 bits per heavy atom. The van der Waals surface area contributed by atoms with Crippen LogP contribution in [0.15, 0.2) is 36.5 Å². The van der Waals surface area contributed by atoms with Gasteiger partial charge in [-0.1, -0.05) is 134 Å². The van der Waals surface area contributed by atoms with Crippen LogP contribution in [0.4, 0.5) is 0 Å². The number of aliphatic hydroxyl groups excluding tert-OH is 2. The molecule has 1 atom stereocenters. The molecule has 0 amide bonds. The van der Waals surface area contributed by atoms with E-state index in [1.165, 1.54) is 109 Å². The Morgan fingerprint density at radius 1 is 0.556 bits per heavy atom. The van der Waals surface area contributed by atoms with Gasteiger partial charge in [0.1, 0.15) is 12.7 Å². The summed E-state index contributed by atoms with van der Waals surface area (Å²) in [4.78, 5) is 21.7. The zero-order valence-corrected chi connectivity index (χ0v) is 29.4. The van der Waals surface area contributed by atoms with E-state index in [0.29, 0.717) is 12.8 Å². The molecule has 0 aliphatic heterocycles. The van der Waals surface area contributed by atoms with Crippen LogP contribution >= 0.6 is 0 Å². The number of carboxylic acids is 1. The van der Waals surface area contributed by atoms with Crippen LogP contribution in [-0.4, -0.2) is 46.6 Å². The average Bonchev–Trinajstić information content (AvgIpc) is 3.03. The summed E-state index contributed by atoms with van der Waals surface area (Å²) in [5.74, 6) is -0.958. The summed E-state index contributed by atoms with van der Waals surface area (Å²) in [5, 5.41) is 26.2. The monoisotopic (exact) mass is 637 g/mol. The zero-order valence-electron chi connectivity index (χ0n) is 29.4. The number of aliphatic carboxylic acids is 1. The molecule has 0 spiro atoms. The van der Waals surface area contributed by atoms with E-state index in [1.54, 1.807) is 0 Å². The second-order valence-electron chi connectivity index (χ2n) is 12.2. The number of carbonyl (C=O) groups excluding carboxylic acids is 1. The minimum absolute atomic E-state index is 0.115. The van der Waals surface area contributed by atoms with Crippen molar-refractivity contribution in [1.82, 2.24) is 0 Å². The standard InChI is InChI=1S/C21H38O4.C18H34O2/c1-2-3-4-5-6-7-8-9-10-11-12-13-14-15-16-17-21(24)25-19-20(23)18-22;1-2-3-4-5-6-7-8-9-10-11-12-13-14-15-16-17-18(19)20/h6-7,9-10,20,22-23H,2-5,8,11-19H2,1H3;9-10H,2-8,11-17H2,1H3,(H,19,20)/b7-6-,10-9-;10-9-. The van der Waals surface area contributed by atoms with E-state index in [0.717, 1.165) is 44.9 Å². The Labute approximate surface area is 277 Å². The molecule has 0 aliphatic carbocycles. The molecule has 0 aliphatic rings. The predicted octanol–water partition coefficient (Wildman–Crippen LogP) is 10.8. The Hall–Kier alpha value is -1.92. The summed E-state index contributed by atoms with van der Waals surface area (Å²) in [6.07, 6.45) is 42.4. The molecular weight excluding hydrogens is 564 g/mol. The highest BCUT2D eigenvalue weighted by Gasteiger charge is 2.07. The maximum Gasteiger partial charge on any atom is 0.305 e. The van der Waals surface area contributed by atoms with E-state index < -0.39 is 12.1 Å². The molecule has 0 saturated carbocycles. The summed E-state index contributed by atoms with van der Waals surface area (Å²) in [7, 11) is 0. The van der Waals surface area contributed by atoms with Gasteiger partial charge >= 0.3 is 11.9 Å². The van der Waals surface area contributed by atoms with E-state index in [1.807, 2.05) is 0 Å². The van der Waals surface area contributed by atoms with Crippen molar-refractivity contribution >= 4 is 11.9 Å². The SMILES string of the molecule is CCCCC/C=C\C/C=C\CCCCCCCC(=O)OCC(O)CO.CCCCCCCC/C=C\CCCCCCCC(=O)O. The largest absolute Gasteiger partial charge is 0.481 e. The fraction of sp³-hybridized carbons (Fsp3) is 0.795. The summed E-state index contributed by atoms with van der Waals surface area (Å²) in [5.41, 5.74) is 0. The first-order valence-electron chi connectivity index (χ1n) is 18.6. The van der Waals surface area contributed by atoms with E-state index in [2.05, 4.69) is 50.3 Å². The van der Waals surface area contributed by atoms with Gasteiger partial charge in [-0.3, -0.25) is 9.59 Å². The molecular formula is C39H72O6. The lowest BCUT2D eigenvalue weighted by atomic mass is 10.1. The normalized spacial score (nSPS) is 12.2. The molecule has 0 bridgehead atoms. The average molecular weight is 637 g/mol. The molecule has 45 heavy (non-hydrogen) atoms. The molecule has 0 aromatic rings. The van der Waals surface area contributed by atoms with Gasteiger partial charge in [-0.25, -0.2) is 0 Å². The number of unbranched alkanes of at least 4 members (excludes halogenated alkanes) is 19. The van der Waals surface area contributed by atoms with Crippen molar-refractivity contribution in [3.05, 3.63) is 36.5 Å². The number of rotatable bonds is 32. The van der Waals surface area contributed by atoms with Gasteiger partial charge in [-0.2, -0.15) is 0 Å². The molecule has 6 heteroatoms. The Kier molecular flexibility index (Phi) is 40.3. The topological polar surface area (TPSA) is 104 Å². The number of aliphatic hydroxyl groups is 2. The molecule has 0 rings (SSSR count). The number of carboxylic acid groups (broad SMARTS) is 1. The van der Waals surface area contributed by atoms with Crippen LogP contribution in [0.2, 0.25) is 0 Å². The van der Waals surface area contributed by atoms with E-state index >= 15 is 0 Å². The Bertz CT molecular complexity index is 700. The second kappa shape index (κ2) is 40.1. The third-order valence-corrected chi connectivity index (χ3v) is 7.63. The van der Waals surface area contributed by atoms with Crippen LogP contribution in [0.5, 0.6) is 0 Å². The van der Waals surface area contributed by atoms with Crippen LogP contribution in [0.1, 0.15) is 181 Å². The quantitative estimate of drug-likeness (QED) is 0.0385. The van der Waals surface area contributed by atoms with E-state index in [-0.39, 0.29) is 19.2 Å². The first-order chi connectivity index (χ1) is 22.0. The molecule has 264 valence electrons. The highest BCUT2D eigenvalue weighted by atomic mass is 16.5.